The summed E-state index contributed by atoms with van der Waals surface area (Å²) in [5.41, 5.74) is 5.23. The second kappa shape index (κ2) is 5.37. The number of nitrogens with zero attached hydrogens (tertiary/aromatic N) is 2. The minimum Gasteiger partial charge on any atom is -0.269 e. The van der Waals surface area contributed by atoms with Crippen molar-refractivity contribution in [3.63, 3.8) is 0 Å². The highest BCUT2D eigenvalue weighted by molar-refractivity contribution is 6.15. The molecule has 1 heterocycles. The first-order valence-corrected chi connectivity index (χ1v) is 7.81. The molecule has 23 heavy (non-hydrogen) atoms. The van der Waals surface area contributed by atoms with Crippen LogP contribution in [0.25, 0.3) is 0 Å². The van der Waals surface area contributed by atoms with Crippen molar-refractivity contribution in [1.29, 1.82) is 5.26 Å². The molecule has 0 radical (unpaired) electrons. The van der Waals surface area contributed by atoms with Gasteiger partial charge < -0.3 is 0 Å². The molecule has 0 fully saturated rings. The van der Waals surface area contributed by atoms with E-state index < -0.39 is 0 Å². The van der Waals surface area contributed by atoms with Gasteiger partial charge in [-0.2, -0.15) is 5.26 Å². The highest BCUT2D eigenvalue weighted by Crippen LogP contribution is 2.44. The lowest BCUT2D eigenvalue weighted by Crippen LogP contribution is -2.28. The van der Waals surface area contributed by atoms with Crippen molar-refractivity contribution < 1.29 is 0 Å². The van der Waals surface area contributed by atoms with Crippen molar-refractivity contribution in [2.75, 3.05) is 6.54 Å². The van der Waals surface area contributed by atoms with Gasteiger partial charge in [-0.25, -0.2) is 0 Å². The van der Waals surface area contributed by atoms with Crippen LogP contribution in [0.1, 0.15) is 17.5 Å². The minimum atomic E-state index is -0.179. The lowest BCUT2D eigenvalue weighted by Gasteiger charge is -2.35. The Morgan fingerprint density at radius 2 is 1.52 bits per heavy atom. The third-order valence-corrected chi connectivity index (χ3v) is 4.77. The first-order chi connectivity index (χ1) is 11.3. The fraction of sp³-hybridized carbons (Fsp3) is 0.143. The molecule has 2 aromatic carbocycles. The van der Waals surface area contributed by atoms with Crippen molar-refractivity contribution >= 4 is 5.71 Å². The smallest absolute Gasteiger partial charge is 0.142 e. The summed E-state index contributed by atoms with van der Waals surface area (Å²) in [4.78, 5) is 4.38. The van der Waals surface area contributed by atoms with Crippen LogP contribution < -0.4 is 0 Å². The second-order valence-corrected chi connectivity index (χ2v) is 6.01. The van der Waals surface area contributed by atoms with E-state index in [1.807, 2.05) is 12.1 Å². The molecular weight excluding hydrogens is 280 g/mol. The molecule has 0 amide bonds. The number of allylic oxidation sites excluding steroid dienone is 3. The molecule has 1 aliphatic carbocycles. The van der Waals surface area contributed by atoms with Crippen LogP contribution in [-0.4, -0.2) is 12.3 Å². The maximum absolute atomic E-state index is 9.22. The van der Waals surface area contributed by atoms with Crippen LogP contribution in [0.2, 0.25) is 0 Å². The lowest BCUT2D eigenvalue weighted by atomic mass is 9.67. The fourth-order valence-electron chi connectivity index (χ4n) is 3.61. The fourth-order valence-corrected chi connectivity index (χ4v) is 3.61. The van der Waals surface area contributed by atoms with Crippen LogP contribution in [0.15, 0.2) is 89.0 Å². The van der Waals surface area contributed by atoms with Gasteiger partial charge in [0.1, 0.15) is 11.8 Å². The van der Waals surface area contributed by atoms with Gasteiger partial charge in [0.15, 0.2) is 0 Å². The SMILES string of the molecule is N#CC1=NCC2=C1C=CC(c1ccccc1)(c1ccccc1)C2. The summed E-state index contributed by atoms with van der Waals surface area (Å²) in [6, 6.07) is 23.4. The molecule has 0 spiro atoms. The van der Waals surface area contributed by atoms with E-state index in [-0.39, 0.29) is 5.41 Å². The van der Waals surface area contributed by atoms with Gasteiger partial charge in [-0.05, 0) is 23.1 Å². The summed E-state index contributed by atoms with van der Waals surface area (Å²) in [5, 5.41) is 9.22. The van der Waals surface area contributed by atoms with Gasteiger partial charge in [0.25, 0.3) is 0 Å². The second-order valence-electron chi connectivity index (χ2n) is 6.01. The van der Waals surface area contributed by atoms with E-state index >= 15 is 0 Å². The quantitative estimate of drug-likeness (QED) is 0.818. The third kappa shape index (κ3) is 2.13. The van der Waals surface area contributed by atoms with E-state index in [1.54, 1.807) is 0 Å². The Bertz CT molecular complexity index is 826. The molecule has 0 N–H and O–H groups in total. The molecule has 4 rings (SSSR count). The zero-order valence-corrected chi connectivity index (χ0v) is 12.7. The van der Waals surface area contributed by atoms with E-state index in [9.17, 15) is 5.26 Å². The van der Waals surface area contributed by atoms with Crippen molar-refractivity contribution in [3.8, 4) is 6.07 Å². The molecule has 0 bridgehead atoms. The Labute approximate surface area is 136 Å². The summed E-state index contributed by atoms with van der Waals surface area (Å²) in [5.74, 6) is 0. The molecule has 0 atom stereocenters. The Morgan fingerprint density at radius 3 is 2.09 bits per heavy atom. The predicted molar refractivity (Wildman–Crippen MR) is 92.4 cm³/mol. The van der Waals surface area contributed by atoms with E-state index in [0.29, 0.717) is 12.3 Å². The topological polar surface area (TPSA) is 36.1 Å². The number of nitriles is 1. The van der Waals surface area contributed by atoms with Crippen molar-refractivity contribution in [2.24, 2.45) is 4.99 Å². The first-order valence-electron chi connectivity index (χ1n) is 7.81. The van der Waals surface area contributed by atoms with Crippen molar-refractivity contribution in [3.05, 3.63) is 95.1 Å². The Balaban J connectivity index is 1.86. The average Bonchev–Trinajstić information content (AvgIpc) is 3.05. The van der Waals surface area contributed by atoms with Crippen LogP contribution in [0.5, 0.6) is 0 Å². The first kappa shape index (κ1) is 13.7. The molecule has 2 aromatic rings. The molecule has 0 aromatic heterocycles. The normalized spacial score (nSPS) is 18.3. The summed E-state index contributed by atoms with van der Waals surface area (Å²) in [6.07, 6.45) is 5.21. The van der Waals surface area contributed by atoms with Crippen molar-refractivity contribution in [1.82, 2.24) is 0 Å². The van der Waals surface area contributed by atoms with Gasteiger partial charge in [0.2, 0.25) is 0 Å². The molecule has 1 aliphatic heterocycles. The van der Waals surface area contributed by atoms with E-state index in [0.717, 1.165) is 12.0 Å². The average molecular weight is 296 g/mol. The van der Waals surface area contributed by atoms with Crippen LogP contribution in [0.4, 0.5) is 0 Å². The number of hydrogen-bond donors (Lipinski definition) is 0. The number of hydrogen-bond acceptors (Lipinski definition) is 2. The van der Waals surface area contributed by atoms with Gasteiger partial charge >= 0.3 is 0 Å². The molecule has 0 unspecified atom stereocenters. The van der Waals surface area contributed by atoms with Crippen LogP contribution in [0, 0.1) is 11.3 Å². The molecule has 2 heteroatoms. The summed E-state index contributed by atoms with van der Waals surface area (Å²) in [7, 11) is 0. The van der Waals surface area contributed by atoms with Crippen LogP contribution >= 0.6 is 0 Å². The standard InChI is InChI=1S/C21H16N2/c22-14-20-19-11-12-21(13-16(19)15-23-20,17-7-3-1-4-8-17)18-9-5-2-6-10-18/h1-12H,13,15H2. The van der Waals surface area contributed by atoms with Crippen molar-refractivity contribution in [2.45, 2.75) is 11.8 Å². The maximum Gasteiger partial charge on any atom is 0.142 e. The van der Waals surface area contributed by atoms with Crippen LogP contribution in [0.3, 0.4) is 0 Å². The van der Waals surface area contributed by atoms with Gasteiger partial charge in [-0.3, -0.25) is 4.99 Å². The summed E-state index contributed by atoms with van der Waals surface area (Å²) >= 11 is 0. The Kier molecular flexibility index (Phi) is 3.20. The van der Waals surface area contributed by atoms with Gasteiger partial charge in [-0.15, -0.1) is 0 Å². The Morgan fingerprint density at radius 1 is 0.913 bits per heavy atom. The molecule has 0 saturated heterocycles. The Hall–Kier alpha value is -2.92. The minimum absolute atomic E-state index is 0.179. The molecule has 2 nitrogen and oxygen atoms in total. The van der Waals surface area contributed by atoms with E-state index in [4.69, 9.17) is 0 Å². The van der Waals surface area contributed by atoms with E-state index in [1.165, 1.54) is 16.7 Å². The van der Waals surface area contributed by atoms with Gasteiger partial charge in [0, 0.05) is 11.0 Å². The van der Waals surface area contributed by atoms with Gasteiger partial charge in [0.05, 0.1) is 6.54 Å². The highest BCUT2D eigenvalue weighted by atomic mass is 14.8. The molecule has 2 aliphatic rings. The van der Waals surface area contributed by atoms with Gasteiger partial charge in [-0.1, -0.05) is 72.8 Å². The monoisotopic (exact) mass is 296 g/mol. The van der Waals surface area contributed by atoms with Crippen LogP contribution in [-0.2, 0) is 5.41 Å². The van der Waals surface area contributed by atoms with E-state index in [2.05, 4.69) is 71.7 Å². The molecular formula is C21H16N2. The summed E-state index contributed by atoms with van der Waals surface area (Å²) < 4.78 is 0. The lowest BCUT2D eigenvalue weighted by molar-refractivity contribution is 0.620. The predicted octanol–water partition coefficient (Wildman–Crippen LogP) is 4.21. The molecule has 110 valence electrons. The third-order valence-electron chi connectivity index (χ3n) is 4.77. The highest BCUT2D eigenvalue weighted by Gasteiger charge is 2.37. The molecule has 0 saturated carbocycles. The number of rotatable bonds is 2. The zero-order valence-electron chi connectivity index (χ0n) is 12.7. The zero-order chi connectivity index (χ0) is 15.7. The summed E-state index contributed by atoms with van der Waals surface area (Å²) in [6.45, 7) is 0.643. The number of aliphatic imine (C=N–C) groups is 1. The number of benzene rings is 2. The largest absolute Gasteiger partial charge is 0.269 e. The maximum atomic E-state index is 9.22.